The zero-order chi connectivity index (χ0) is 35.7. The number of fused-ring (bicyclic) bond motifs is 13. The van der Waals surface area contributed by atoms with Crippen LogP contribution in [0.25, 0.3) is 88.4 Å². The summed E-state index contributed by atoms with van der Waals surface area (Å²) in [5.41, 5.74) is 20.9. The third kappa shape index (κ3) is 3.85. The molecule has 0 unspecified atom stereocenters. The van der Waals surface area contributed by atoms with Gasteiger partial charge >= 0.3 is 0 Å². The molecule has 2 heteroatoms. The maximum absolute atomic E-state index is 2.54. The molecule has 2 aliphatic rings. The van der Waals surface area contributed by atoms with Crippen LogP contribution in [0.4, 0.5) is 0 Å². The van der Waals surface area contributed by atoms with E-state index < -0.39 is 0 Å². The number of benzene rings is 8. The van der Waals surface area contributed by atoms with Crippen LogP contribution in [0.5, 0.6) is 0 Å². The molecule has 0 saturated carbocycles. The predicted molar refractivity (Wildman–Crippen MR) is 226 cm³/mol. The Labute approximate surface area is 314 Å². The average molecular weight is 689 g/mol. The first kappa shape index (κ1) is 29.9. The molecule has 0 N–H and O–H groups in total. The Balaban J connectivity index is 1.11. The van der Waals surface area contributed by atoms with Crippen molar-refractivity contribution in [2.24, 2.45) is 0 Å². The first-order valence-electron chi connectivity index (χ1n) is 19.1. The van der Waals surface area contributed by atoms with Gasteiger partial charge in [0.05, 0.1) is 27.8 Å². The molecule has 0 atom stereocenters. The minimum atomic E-state index is -0.0706. The second-order valence-corrected chi connectivity index (χ2v) is 15.6. The lowest BCUT2D eigenvalue weighted by Crippen LogP contribution is -2.15. The van der Waals surface area contributed by atoms with Crippen LogP contribution in [-0.4, -0.2) is 9.13 Å². The Kier molecular flexibility index (Phi) is 5.93. The van der Waals surface area contributed by atoms with Gasteiger partial charge in [-0.05, 0) is 98.1 Å². The average Bonchev–Trinajstić information content (AvgIpc) is 3.93. The van der Waals surface area contributed by atoms with Crippen molar-refractivity contribution < 1.29 is 0 Å². The Hall–Kier alpha value is -6.64. The van der Waals surface area contributed by atoms with Gasteiger partial charge in [0.1, 0.15) is 0 Å². The number of nitrogens with zero attached hydrogens (tertiary/aromatic N) is 2. The highest BCUT2D eigenvalue weighted by Gasteiger charge is 2.35. The smallest absolute Gasteiger partial charge is 0.0549 e. The highest BCUT2D eigenvalue weighted by Crippen LogP contribution is 2.51. The van der Waals surface area contributed by atoms with E-state index >= 15 is 0 Å². The fraction of sp³-hybridized carbons (Fsp3) is 0.0769. The number of para-hydroxylation sites is 2. The summed E-state index contributed by atoms with van der Waals surface area (Å²) in [5, 5.41) is 5.18. The standard InChI is InChI=1S/C52H36N2/c1-52(2)43-22-9-6-16-37(43)38-27-26-33(30-44(38)52)53-45-23-10-7-17-39(45)50-48(53)28-29-49-51(50)40-18-8-11-24-46(40)54(49)47-25-13-21-36-35-20-12-19-34(41(35)31-42(36)47)32-14-4-3-5-15-32/h3-30H,31H2,1-2H3. The molecule has 0 aliphatic heterocycles. The Morgan fingerprint density at radius 2 is 0.981 bits per heavy atom. The van der Waals surface area contributed by atoms with Gasteiger partial charge in [-0.3, -0.25) is 0 Å². The molecular weight excluding hydrogens is 653 g/mol. The van der Waals surface area contributed by atoms with Crippen LogP contribution in [0.2, 0.25) is 0 Å². The number of hydrogen-bond donors (Lipinski definition) is 0. The topological polar surface area (TPSA) is 9.86 Å². The van der Waals surface area contributed by atoms with Crippen LogP contribution >= 0.6 is 0 Å². The van der Waals surface area contributed by atoms with Gasteiger partial charge in [0.25, 0.3) is 0 Å². The zero-order valence-electron chi connectivity index (χ0n) is 30.3. The van der Waals surface area contributed by atoms with Crippen LogP contribution in [0.15, 0.2) is 170 Å². The van der Waals surface area contributed by atoms with Crippen molar-refractivity contribution in [3.05, 3.63) is 192 Å². The first-order valence-corrected chi connectivity index (χ1v) is 19.1. The summed E-state index contributed by atoms with van der Waals surface area (Å²) in [6.07, 6.45) is 0.903. The van der Waals surface area contributed by atoms with Crippen molar-refractivity contribution in [3.63, 3.8) is 0 Å². The fourth-order valence-corrected chi connectivity index (χ4v) is 10.2. The van der Waals surface area contributed by atoms with Gasteiger partial charge in [0.2, 0.25) is 0 Å². The molecule has 0 amide bonds. The van der Waals surface area contributed by atoms with Gasteiger partial charge in [-0.25, -0.2) is 0 Å². The molecule has 12 rings (SSSR count). The lowest BCUT2D eigenvalue weighted by atomic mass is 9.82. The lowest BCUT2D eigenvalue weighted by molar-refractivity contribution is 0.660. The second kappa shape index (κ2) is 10.7. The Morgan fingerprint density at radius 3 is 1.76 bits per heavy atom. The largest absolute Gasteiger partial charge is 0.309 e. The van der Waals surface area contributed by atoms with E-state index in [0.717, 1.165) is 6.42 Å². The van der Waals surface area contributed by atoms with E-state index in [0.29, 0.717) is 0 Å². The van der Waals surface area contributed by atoms with Crippen molar-refractivity contribution in [2.45, 2.75) is 25.7 Å². The maximum Gasteiger partial charge on any atom is 0.0549 e. The molecule has 2 aromatic heterocycles. The molecule has 0 bridgehead atoms. The summed E-state index contributed by atoms with van der Waals surface area (Å²) < 4.78 is 5.04. The van der Waals surface area contributed by atoms with Crippen LogP contribution in [-0.2, 0) is 11.8 Å². The fourth-order valence-electron chi connectivity index (χ4n) is 10.2. The molecule has 0 fully saturated rings. The van der Waals surface area contributed by atoms with Crippen molar-refractivity contribution in [3.8, 4) is 44.8 Å². The van der Waals surface area contributed by atoms with Crippen molar-refractivity contribution in [2.75, 3.05) is 0 Å². The first-order chi connectivity index (χ1) is 26.6. The van der Waals surface area contributed by atoms with E-state index in [2.05, 4.69) is 193 Å². The van der Waals surface area contributed by atoms with E-state index in [1.54, 1.807) is 0 Å². The van der Waals surface area contributed by atoms with Gasteiger partial charge in [0, 0.05) is 39.1 Å². The SMILES string of the molecule is CC1(C)c2ccccc2-c2ccc(-n3c4ccccc4c4c5c6ccccc6n(-c6cccc7c6Cc6c(-c8ccccc8)cccc6-7)c5ccc43)cc21. The lowest BCUT2D eigenvalue weighted by Gasteiger charge is -2.22. The van der Waals surface area contributed by atoms with Crippen LogP contribution in [0.3, 0.4) is 0 Å². The molecule has 254 valence electrons. The van der Waals surface area contributed by atoms with E-state index in [4.69, 9.17) is 0 Å². The van der Waals surface area contributed by atoms with Gasteiger partial charge in [-0.2, -0.15) is 0 Å². The van der Waals surface area contributed by atoms with Gasteiger partial charge in [-0.1, -0.05) is 141 Å². The predicted octanol–water partition coefficient (Wildman–Crippen LogP) is 13.4. The van der Waals surface area contributed by atoms with E-state index in [1.807, 2.05) is 0 Å². The van der Waals surface area contributed by atoms with Crippen LogP contribution in [0, 0.1) is 0 Å². The molecule has 2 heterocycles. The molecule has 0 spiro atoms. The van der Waals surface area contributed by atoms with E-state index in [9.17, 15) is 0 Å². The summed E-state index contributed by atoms with van der Waals surface area (Å²) in [6.45, 7) is 4.74. The van der Waals surface area contributed by atoms with Gasteiger partial charge in [0.15, 0.2) is 0 Å². The summed E-state index contributed by atoms with van der Waals surface area (Å²) in [5.74, 6) is 0. The quantitative estimate of drug-likeness (QED) is 0.175. The normalized spacial score (nSPS) is 13.8. The third-order valence-corrected chi connectivity index (χ3v) is 12.6. The van der Waals surface area contributed by atoms with Crippen molar-refractivity contribution in [1.82, 2.24) is 9.13 Å². The molecular formula is C52H36N2. The highest BCUT2D eigenvalue weighted by molar-refractivity contribution is 6.29. The molecule has 8 aromatic carbocycles. The maximum atomic E-state index is 2.54. The zero-order valence-corrected chi connectivity index (χ0v) is 30.3. The summed E-state index contributed by atoms with van der Waals surface area (Å²) in [4.78, 5) is 0. The molecule has 10 aromatic rings. The van der Waals surface area contributed by atoms with Gasteiger partial charge in [-0.15, -0.1) is 0 Å². The monoisotopic (exact) mass is 688 g/mol. The summed E-state index contributed by atoms with van der Waals surface area (Å²) >= 11 is 0. The highest BCUT2D eigenvalue weighted by atomic mass is 15.0. The molecule has 2 nitrogen and oxygen atoms in total. The second-order valence-electron chi connectivity index (χ2n) is 15.6. The third-order valence-electron chi connectivity index (χ3n) is 12.6. The number of aromatic nitrogens is 2. The van der Waals surface area contributed by atoms with Crippen LogP contribution < -0.4 is 0 Å². The number of rotatable bonds is 3. The molecule has 0 radical (unpaired) electrons. The minimum Gasteiger partial charge on any atom is -0.309 e. The number of hydrogen-bond acceptors (Lipinski definition) is 0. The van der Waals surface area contributed by atoms with Crippen molar-refractivity contribution >= 4 is 43.6 Å². The summed E-state index contributed by atoms with van der Waals surface area (Å²) in [6, 6.07) is 63.3. The molecule has 2 aliphatic carbocycles. The van der Waals surface area contributed by atoms with Crippen molar-refractivity contribution in [1.29, 1.82) is 0 Å². The van der Waals surface area contributed by atoms with Gasteiger partial charge < -0.3 is 9.13 Å². The minimum absolute atomic E-state index is 0.0706. The Morgan fingerprint density at radius 1 is 0.407 bits per heavy atom. The van der Waals surface area contributed by atoms with Crippen LogP contribution in [0.1, 0.15) is 36.1 Å². The van der Waals surface area contributed by atoms with E-state index in [1.165, 1.54) is 111 Å². The summed E-state index contributed by atoms with van der Waals surface area (Å²) in [7, 11) is 0. The van der Waals surface area contributed by atoms with E-state index in [-0.39, 0.29) is 5.41 Å². The Bertz CT molecular complexity index is 3210. The molecule has 0 saturated heterocycles. The molecule has 54 heavy (non-hydrogen) atoms.